The zero-order valence-electron chi connectivity index (χ0n) is 17.2. The first-order valence-electron chi connectivity index (χ1n) is 10.3. The van der Waals surface area contributed by atoms with Crippen LogP contribution in [0.15, 0.2) is 88.3 Å². The van der Waals surface area contributed by atoms with Gasteiger partial charge in [0.05, 0.1) is 16.5 Å². The number of para-hydroxylation sites is 2. The number of furan rings is 1. The quantitative estimate of drug-likeness (QED) is 0.404. The number of rotatable bonds is 4. The summed E-state index contributed by atoms with van der Waals surface area (Å²) in [7, 11) is 0. The number of amides is 1. The molecule has 0 fully saturated rings. The molecular formula is C25H16N4O3S. The zero-order valence-corrected chi connectivity index (χ0v) is 18.0. The van der Waals surface area contributed by atoms with Crippen LogP contribution in [0.5, 0.6) is 0 Å². The normalized spacial score (nSPS) is 11.4. The molecule has 3 aromatic carbocycles. The van der Waals surface area contributed by atoms with Crippen LogP contribution in [0.2, 0.25) is 0 Å². The average molecular weight is 452 g/mol. The SMILES string of the molecule is O=C(Cn1cnc2c(oc3ccccc32)c1=O)Nc1ccc(-c2nc3ccccc3s2)cc1. The summed E-state index contributed by atoms with van der Waals surface area (Å²) in [6.45, 7) is -0.168. The monoisotopic (exact) mass is 452 g/mol. The maximum absolute atomic E-state index is 12.8. The minimum Gasteiger partial charge on any atom is -0.448 e. The molecule has 7 nitrogen and oxygen atoms in total. The van der Waals surface area contributed by atoms with Crippen LogP contribution in [-0.2, 0) is 11.3 Å². The van der Waals surface area contributed by atoms with E-state index in [-0.39, 0.29) is 18.0 Å². The molecule has 0 spiro atoms. The van der Waals surface area contributed by atoms with Crippen molar-refractivity contribution in [3.8, 4) is 10.6 Å². The standard InChI is InChI=1S/C25H16N4O3S/c30-21(13-29-14-26-22-17-5-1-3-7-19(17)32-23(22)25(29)31)27-16-11-9-15(10-12-16)24-28-18-6-2-4-8-20(18)33-24/h1-12,14H,13H2,(H,27,30). The molecular weight excluding hydrogens is 436 g/mol. The van der Waals surface area contributed by atoms with Gasteiger partial charge in [0.25, 0.3) is 5.56 Å². The van der Waals surface area contributed by atoms with Gasteiger partial charge < -0.3 is 9.73 Å². The van der Waals surface area contributed by atoms with E-state index in [1.54, 1.807) is 17.4 Å². The van der Waals surface area contributed by atoms with Crippen molar-refractivity contribution in [1.29, 1.82) is 0 Å². The molecule has 3 heterocycles. The Morgan fingerprint density at radius 1 is 1.00 bits per heavy atom. The van der Waals surface area contributed by atoms with Crippen molar-refractivity contribution in [2.75, 3.05) is 5.32 Å². The van der Waals surface area contributed by atoms with Gasteiger partial charge in [-0.2, -0.15) is 0 Å². The van der Waals surface area contributed by atoms with Gasteiger partial charge in [0, 0.05) is 16.6 Å². The third-order valence-corrected chi connectivity index (χ3v) is 6.46. The summed E-state index contributed by atoms with van der Waals surface area (Å²) in [6, 6.07) is 22.8. The maximum atomic E-state index is 12.8. The van der Waals surface area contributed by atoms with Gasteiger partial charge in [-0.15, -0.1) is 11.3 Å². The molecule has 3 aromatic heterocycles. The van der Waals surface area contributed by atoms with Crippen LogP contribution < -0.4 is 10.9 Å². The van der Waals surface area contributed by atoms with Gasteiger partial charge >= 0.3 is 0 Å². The van der Waals surface area contributed by atoms with Gasteiger partial charge in [0.2, 0.25) is 11.5 Å². The van der Waals surface area contributed by atoms with Crippen LogP contribution in [0.25, 0.3) is 42.9 Å². The Hall–Kier alpha value is -4.30. The van der Waals surface area contributed by atoms with Crippen molar-refractivity contribution in [3.63, 3.8) is 0 Å². The second-order valence-corrected chi connectivity index (χ2v) is 8.60. The summed E-state index contributed by atoms with van der Waals surface area (Å²) in [5, 5.41) is 4.52. The van der Waals surface area contributed by atoms with Gasteiger partial charge in [-0.3, -0.25) is 14.2 Å². The van der Waals surface area contributed by atoms with E-state index < -0.39 is 5.56 Å². The van der Waals surface area contributed by atoms with Crippen molar-refractivity contribution in [2.24, 2.45) is 0 Å². The molecule has 0 saturated heterocycles. The molecule has 1 amide bonds. The Kier molecular flexibility index (Phi) is 4.51. The van der Waals surface area contributed by atoms with Crippen LogP contribution in [0.3, 0.4) is 0 Å². The maximum Gasteiger partial charge on any atom is 0.297 e. The van der Waals surface area contributed by atoms with Crippen LogP contribution in [0.4, 0.5) is 5.69 Å². The number of thiazole rings is 1. The molecule has 6 aromatic rings. The Morgan fingerprint density at radius 3 is 2.64 bits per heavy atom. The lowest BCUT2D eigenvalue weighted by Gasteiger charge is -2.07. The highest BCUT2D eigenvalue weighted by atomic mass is 32.1. The summed E-state index contributed by atoms with van der Waals surface area (Å²) >= 11 is 1.62. The van der Waals surface area contributed by atoms with Crippen molar-refractivity contribution < 1.29 is 9.21 Å². The topological polar surface area (TPSA) is 90.0 Å². The fourth-order valence-corrected chi connectivity index (χ4v) is 4.75. The lowest BCUT2D eigenvalue weighted by atomic mass is 10.2. The molecule has 6 rings (SSSR count). The van der Waals surface area contributed by atoms with E-state index in [0.717, 1.165) is 26.2 Å². The predicted molar refractivity (Wildman–Crippen MR) is 129 cm³/mol. The van der Waals surface area contributed by atoms with Crippen molar-refractivity contribution in [2.45, 2.75) is 6.54 Å². The Balaban J connectivity index is 1.21. The van der Waals surface area contributed by atoms with Crippen LogP contribution in [0, 0.1) is 0 Å². The molecule has 8 heteroatoms. The fourth-order valence-electron chi connectivity index (χ4n) is 3.77. The molecule has 0 bridgehead atoms. The molecule has 33 heavy (non-hydrogen) atoms. The number of aromatic nitrogens is 3. The third kappa shape index (κ3) is 3.46. The largest absolute Gasteiger partial charge is 0.448 e. The lowest BCUT2D eigenvalue weighted by Crippen LogP contribution is -2.27. The van der Waals surface area contributed by atoms with Gasteiger partial charge in [-0.25, -0.2) is 9.97 Å². The summed E-state index contributed by atoms with van der Waals surface area (Å²) in [6.07, 6.45) is 1.38. The first-order chi connectivity index (χ1) is 16.2. The Morgan fingerprint density at radius 2 is 1.79 bits per heavy atom. The molecule has 0 aliphatic carbocycles. The first kappa shape index (κ1) is 19.4. The number of hydrogen-bond acceptors (Lipinski definition) is 6. The molecule has 0 radical (unpaired) electrons. The van der Waals surface area contributed by atoms with Crippen molar-refractivity contribution in [1.82, 2.24) is 14.5 Å². The van der Waals surface area contributed by atoms with Gasteiger partial charge in [-0.1, -0.05) is 24.3 Å². The summed E-state index contributed by atoms with van der Waals surface area (Å²) < 4.78 is 8.04. The Bertz CT molecular complexity index is 1680. The van der Waals surface area contributed by atoms with E-state index in [9.17, 15) is 9.59 Å². The summed E-state index contributed by atoms with van der Waals surface area (Å²) in [5.41, 5.74) is 3.42. The van der Waals surface area contributed by atoms with E-state index in [4.69, 9.17) is 4.42 Å². The van der Waals surface area contributed by atoms with E-state index >= 15 is 0 Å². The molecule has 0 aliphatic rings. The number of fused-ring (bicyclic) bond motifs is 4. The predicted octanol–water partition coefficient (Wildman–Crippen LogP) is 5.06. The average Bonchev–Trinajstić information content (AvgIpc) is 3.43. The second-order valence-electron chi connectivity index (χ2n) is 7.57. The van der Waals surface area contributed by atoms with Crippen LogP contribution in [-0.4, -0.2) is 20.4 Å². The van der Waals surface area contributed by atoms with Gasteiger partial charge in [0.1, 0.15) is 22.7 Å². The number of hydrogen-bond donors (Lipinski definition) is 1. The fraction of sp³-hybridized carbons (Fsp3) is 0.0400. The number of benzene rings is 3. The highest BCUT2D eigenvalue weighted by Gasteiger charge is 2.15. The second kappa shape index (κ2) is 7.68. The van der Waals surface area contributed by atoms with Crippen LogP contribution >= 0.6 is 11.3 Å². The third-order valence-electron chi connectivity index (χ3n) is 5.37. The number of carbonyl (C=O) groups excluding carboxylic acids is 1. The van der Waals surface area contributed by atoms with Crippen LogP contribution in [0.1, 0.15) is 0 Å². The minimum absolute atomic E-state index is 0.145. The number of carbonyl (C=O) groups is 1. The summed E-state index contributed by atoms with van der Waals surface area (Å²) in [4.78, 5) is 34.4. The van der Waals surface area contributed by atoms with E-state index in [1.165, 1.54) is 10.9 Å². The smallest absolute Gasteiger partial charge is 0.297 e. The van der Waals surface area contributed by atoms with E-state index in [2.05, 4.69) is 15.3 Å². The molecule has 0 aliphatic heterocycles. The lowest BCUT2D eigenvalue weighted by molar-refractivity contribution is -0.116. The summed E-state index contributed by atoms with van der Waals surface area (Å²) in [5.74, 6) is -0.331. The molecule has 160 valence electrons. The Labute approximate surface area is 190 Å². The minimum atomic E-state index is -0.391. The van der Waals surface area contributed by atoms with Gasteiger partial charge in [0.15, 0.2) is 0 Å². The number of anilines is 1. The number of nitrogens with zero attached hydrogens (tertiary/aromatic N) is 3. The van der Waals surface area contributed by atoms with E-state index in [1.807, 2.05) is 66.7 Å². The number of nitrogens with one attached hydrogen (secondary N) is 1. The molecule has 0 saturated carbocycles. The highest BCUT2D eigenvalue weighted by molar-refractivity contribution is 7.21. The van der Waals surface area contributed by atoms with Crippen molar-refractivity contribution >= 4 is 55.2 Å². The molecule has 0 unspecified atom stereocenters. The zero-order chi connectivity index (χ0) is 22.4. The first-order valence-corrected chi connectivity index (χ1v) is 11.1. The highest BCUT2D eigenvalue weighted by Crippen LogP contribution is 2.30. The van der Waals surface area contributed by atoms with Gasteiger partial charge in [-0.05, 0) is 48.5 Å². The molecule has 1 N–H and O–H groups in total. The van der Waals surface area contributed by atoms with Crippen molar-refractivity contribution in [3.05, 3.63) is 89.5 Å². The van der Waals surface area contributed by atoms with E-state index in [0.29, 0.717) is 16.8 Å². The molecule has 0 atom stereocenters.